The number of nitrogens with one attached hydrogen (secondary N) is 1. The maximum atomic E-state index is 13.1. The summed E-state index contributed by atoms with van der Waals surface area (Å²) in [7, 11) is 0. The Morgan fingerprint density at radius 3 is 2.26 bits per heavy atom. The minimum absolute atomic E-state index is 0.0451. The third-order valence-electron chi connectivity index (χ3n) is 5.34. The normalized spacial score (nSPS) is 20.0. The number of ether oxygens (including phenoxy) is 1. The number of carboxylic acids is 1. The SMILES string of the molecule is CCC[C@@H](CNCC(=O)O)N1C(=O)CO[C@H](c2ccc(Cl)cc2)[C@@H]1c1ccc(Cl)cc1. The second-order valence-electron chi connectivity index (χ2n) is 7.55. The molecule has 0 radical (unpaired) electrons. The van der Waals surface area contributed by atoms with Crippen molar-refractivity contribution in [1.29, 1.82) is 0 Å². The van der Waals surface area contributed by atoms with E-state index < -0.39 is 12.1 Å². The fourth-order valence-electron chi connectivity index (χ4n) is 4.00. The van der Waals surface area contributed by atoms with Crippen molar-refractivity contribution in [2.45, 2.75) is 38.0 Å². The molecular weight excluding hydrogens is 439 g/mol. The Bertz CT molecular complexity index is 889. The molecule has 3 rings (SSSR count). The highest BCUT2D eigenvalue weighted by molar-refractivity contribution is 6.30. The average Bonchev–Trinajstić information content (AvgIpc) is 2.74. The van der Waals surface area contributed by atoms with E-state index in [9.17, 15) is 9.59 Å². The fraction of sp³-hybridized carbons (Fsp3) is 0.391. The van der Waals surface area contributed by atoms with E-state index in [1.54, 1.807) is 24.3 Å². The predicted molar refractivity (Wildman–Crippen MR) is 120 cm³/mol. The van der Waals surface area contributed by atoms with Crippen LogP contribution in [-0.4, -0.2) is 47.6 Å². The molecule has 2 N–H and O–H groups in total. The van der Waals surface area contributed by atoms with Crippen LogP contribution < -0.4 is 5.32 Å². The molecule has 0 aliphatic carbocycles. The molecule has 2 aromatic rings. The van der Waals surface area contributed by atoms with E-state index in [0.29, 0.717) is 16.6 Å². The summed E-state index contributed by atoms with van der Waals surface area (Å²) in [5, 5.41) is 13.2. The van der Waals surface area contributed by atoms with Crippen molar-refractivity contribution in [3.63, 3.8) is 0 Å². The standard InChI is InChI=1S/C23H26Cl2N2O4/c1-2-3-19(12-26-13-21(29)30)27-20(28)14-31-23(16-6-10-18(25)11-7-16)22(27)15-4-8-17(24)9-5-15/h4-11,19,22-23,26H,2-3,12-14H2,1H3,(H,29,30)/t19-,22-,23+/m0/s1. The van der Waals surface area contributed by atoms with Crippen LogP contribution in [0.5, 0.6) is 0 Å². The molecule has 1 heterocycles. The molecule has 3 atom stereocenters. The number of hydrogen-bond acceptors (Lipinski definition) is 4. The molecule has 6 nitrogen and oxygen atoms in total. The van der Waals surface area contributed by atoms with Crippen LogP contribution >= 0.6 is 23.2 Å². The summed E-state index contributed by atoms with van der Waals surface area (Å²) in [6.07, 6.45) is 1.19. The summed E-state index contributed by atoms with van der Waals surface area (Å²) in [4.78, 5) is 25.9. The van der Waals surface area contributed by atoms with E-state index in [-0.39, 0.29) is 31.1 Å². The smallest absolute Gasteiger partial charge is 0.317 e. The number of nitrogens with zero attached hydrogens (tertiary/aromatic N) is 1. The summed E-state index contributed by atoms with van der Waals surface area (Å²) >= 11 is 12.2. The first-order valence-corrected chi connectivity index (χ1v) is 11.0. The highest BCUT2D eigenvalue weighted by atomic mass is 35.5. The van der Waals surface area contributed by atoms with Gasteiger partial charge in [0.25, 0.3) is 0 Å². The lowest BCUT2D eigenvalue weighted by Gasteiger charge is -2.45. The Morgan fingerprint density at radius 2 is 1.71 bits per heavy atom. The van der Waals surface area contributed by atoms with Gasteiger partial charge in [-0.3, -0.25) is 9.59 Å². The zero-order chi connectivity index (χ0) is 22.4. The number of carbonyl (C=O) groups excluding carboxylic acids is 1. The maximum absolute atomic E-state index is 13.1. The van der Waals surface area contributed by atoms with Crippen molar-refractivity contribution in [2.24, 2.45) is 0 Å². The molecule has 8 heteroatoms. The van der Waals surface area contributed by atoms with Crippen LogP contribution in [0.3, 0.4) is 0 Å². The van der Waals surface area contributed by atoms with Gasteiger partial charge in [0.1, 0.15) is 12.7 Å². The van der Waals surface area contributed by atoms with Gasteiger partial charge < -0.3 is 20.1 Å². The quantitative estimate of drug-likeness (QED) is 0.571. The van der Waals surface area contributed by atoms with Crippen LogP contribution in [0.15, 0.2) is 48.5 Å². The monoisotopic (exact) mass is 464 g/mol. The lowest BCUT2D eigenvalue weighted by atomic mass is 9.90. The highest BCUT2D eigenvalue weighted by Crippen LogP contribution is 2.42. The zero-order valence-corrected chi connectivity index (χ0v) is 18.8. The van der Waals surface area contributed by atoms with Crippen molar-refractivity contribution in [1.82, 2.24) is 10.2 Å². The van der Waals surface area contributed by atoms with E-state index in [1.807, 2.05) is 36.1 Å². The Labute approximate surface area is 192 Å². The molecule has 2 aromatic carbocycles. The van der Waals surface area contributed by atoms with Crippen molar-refractivity contribution in [3.05, 3.63) is 69.7 Å². The third kappa shape index (κ3) is 5.98. The number of rotatable bonds is 9. The van der Waals surface area contributed by atoms with Gasteiger partial charge in [-0.25, -0.2) is 0 Å². The third-order valence-corrected chi connectivity index (χ3v) is 5.85. The van der Waals surface area contributed by atoms with Crippen molar-refractivity contribution in [2.75, 3.05) is 19.7 Å². The lowest BCUT2D eigenvalue weighted by molar-refractivity contribution is -0.163. The Hall–Kier alpha value is -2.12. The molecule has 1 fully saturated rings. The number of hydrogen-bond donors (Lipinski definition) is 2. The van der Waals surface area contributed by atoms with E-state index in [4.69, 9.17) is 33.0 Å². The highest BCUT2D eigenvalue weighted by Gasteiger charge is 2.41. The number of halogens is 2. The van der Waals surface area contributed by atoms with Crippen LogP contribution in [-0.2, 0) is 14.3 Å². The average molecular weight is 465 g/mol. The molecule has 166 valence electrons. The molecule has 0 bridgehead atoms. The number of benzene rings is 2. The van der Waals surface area contributed by atoms with E-state index >= 15 is 0 Å². The van der Waals surface area contributed by atoms with Gasteiger partial charge in [0.05, 0.1) is 12.6 Å². The lowest BCUT2D eigenvalue weighted by Crippen LogP contribution is -2.54. The van der Waals surface area contributed by atoms with Gasteiger partial charge in [0, 0.05) is 22.6 Å². The van der Waals surface area contributed by atoms with Crippen molar-refractivity contribution >= 4 is 35.1 Å². The molecule has 0 unspecified atom stereocenters. The summed E-state index contributed by atoms with van der Waals surface area (Å²) in [6, 6.07) is 14.2. The van der Waals surface area contributed by atoms with Crippen LogP contribution in [0.1, 0.15) is 43.0 Å². The number of morpholine rings is 1. The predicted octanol–water partition coefficient (Wildman–Crippen LogP) is 4.48. The first kappa shape index (κ1) is 23.5. The second-order valence-corrected chi connectivity index (χ2v) is 8.42. The first-order chi connectivity index (χ1) is 14.9. The van der Waals surface area contributed by atoms with Gasteiger partial charge in [-0.15, -0.1) is 0 Å². The number of carboxylic acid groups (broad SMARTS) is 1. The number of aliphatic carboxylic acids is 1. The van der Waals surface area contributed by atoms with E-state index in [0.717, 1.165) is 24.0 Å². The Balaban J connectivity index is 2.01. The second kappa shape index (κ2) is 11.0. The summed E-state index contributed by atoms with van der Waals surface area (Å²) in [5.41, 5.74) is 1.81. The molecule has 0 aromatic heterocycles. The minimum Gasteiger partial charge on any atom is -0.480 e. The van der Waals surface area contributed by atoms with Gasteiger partial charge in [-0.05, 0) is 41.8 Å². The maximum Gasteiger partial charge on any atom is 0.317 e. The summed E-state index contributed by atoms with van der Waals surface area (Å²) in [5.74, 6) is -1.06. The molecule has 1 aliphatic rings. The van der Waals surface area contributed by atoms with Gasteiger partial charge in [0.15, 0.2) is 0 Å². The number of carbonyl (C=O) groups is 2. The molecular formula is C23H26Cl2N2O4. The van der Waals surface area contributed by atoms with Crippen LogP contribution in [0, 0.1) is 0 Å². The van der Waals surface area contributed by atoms with Crippen LogP contribution in [0.25, 0.3) is 0 Å². The largest absolute Gasteiger partial charge is 0.480 e. The van der Waals surface area contributed by atoms with Gasteiger partial charge >= 0.3 is 5.97 Å². The summed E-state index contributed by atoms with van der Waals surface area (Å²) in [6.45, 7) is 2.22. The molecule has 0 saturated carbocycles. The first-order valence-electron chi connectivity index (χ1n) is 10.3. The Morgan fingerprint density at radius 1 is 1.13 bits per heavy atom. The van der Waals surface area contributed by atoms with Crippen molar-refractivity contribution in [3.8, 4) is 0 Å². The number of amides is 1. The fourth-order valence-corrected chi connectivity index (χ4v) is 4.26. The summed E-state index contributed by atoms with van der Waals surface area (Å²) < 4.78 is 6.03. The molecule has 1 saturated heterocycles. The van der Waals surface area contributed by atoms with E-state index in [2.05, 4.69) is 5.32 Å². The van der Waals surface area contributed by atoms with Gasteiger partial charge in [0.2, 0.25) is 5.91 Å². The molecule has 1 amide bonds. The molecule has 31 heavy (non-hydrogen) atoms. The Kier molecular flexibility index (Phi) is 8.32. The topological polar surface area (TPSA) is 78.9 Å². The minimum atomic E-state index is -0.933. The molecule has 0 spiro atoms. The van der Waals surface area contributed by atoms with E-state index in [1.165, 1.54) is 0 Å². The van der Waals surface area contributed by atoms with Crippen molar-refractivity contribution < 1.29 is 19.4 Å². The zero-order valence-electron chi connectivity index (χ0n) is 17.3. The van der Waals surface area contributed by atoms with Gasteiger partial charge in [-0.1, -0.05) is 60.8 Å². The van der Waals surface area contributed by atoms with Gasteiger partial charge in [-0.2, -0.15) is 0 Å². The van der Waals surface area contributed by atoms with Crippen LogP contribution in [0.4, 0.5) is 0 Å². The van der Waals surface area contributed by atoms with Crippen LogP contribution in [0.2, 0.25) is 10.0 Å². The molecule has 1 aliphatic heterocycles.